The maximum Gasteiger partial charge on any atom is 0.0806 e. The average molecular weight is 187 g/mol. The van der Waals surface area contributed by atoms with Crippen LogP contribution in [0, 0.1) is 5.92 Å². The van der Waals surface area contributed by atoms with Crippen molar-refractivity contribution in [1.29, 1.82) is 0 Å². The highest BCUT2D eigenvalue weighted by atomic mass is 16.5. The van der Waals surface area contributed by atoms with Gasteiger partial charge in [-0.3, -0.25) is 0 Å². The Morgan fingerprint density at radius 1 is 1.46 bits per heavy atom. The van der Waals surface area contributed by atoms with Crippen LogP contribution in [0.15, 0.2) is 0 Å². The second-order valence-corrected chi connectivity index (χ2v) is 4.10. The third-order valence-electron chi connectivity index (χ3n) is 2.77. The van der Waals surface area contributed by atoms with Gasteiger partial charge in [0.15, 0.2) is 0 Å². The molecular weight excluding hydrogens is 166 g/mol. The van der Waals surface area contributed by atoms with Gasteiger partial charge in [-0.05, 0) is 46.2 Å². The first-order valence-electron chi connectivity index (χ1n) is 5.11. The van der Waals surface area contributed by atoms with Crippen molar-refractivity contribution in [2.24, 2.45) is 5.92 Å². The van der Waals surface area contributed by atoms with Crippen LogP contribution in [0.4, 0.5) is 0 Å². The first kappa shape index (κ1) is 11.0. The lowest BCUT2D eigenvalue weighted by Crippen LogP contribution is -2.40. The van der Waals surface area contributed by atoms with Crippen molar-refractivity contribution in [3.05, 3.63) is 0 Å². The van der Waals surface area contributed by atoms with Gasteiger partial charge in [-0.15, -0.1) is 0 Å². The van der Waals surface area contributed by atoms with Crippen molar-refractivity contribution in [3.8, 4) is 0 Å². The maximum atomic E-state index is 9.22. The molecule has 0 saturated heterocycles. The Morgan fingerprint density at radius 3 is 2.54 bits per heavy atom. The predicted molar refractivity (Wildman–Crippen MR) is 52.7 cm³/mol. The third kappa shape index (κ3) is 3.25. The van der Waals surface area contributed by atoms with Crippen LogP contribution in [0.5, 0.6) is 0 Å². The molecule has 3 heteroatoms. The van der Waals surface area contributed by atoms with Gasteiger partial charge in [0.25, 0.3) is 0 Å². The predicted octanol–water partition coefficient (Wildman–Crippen LogP) is 0.770. The number of ether oxygens (including phenoxy) is 1. The number of hydrogen-bond acceptors (Lipinski definition) is 3. The maximum absolute atomic E-state index is 9.22. The van der Waals surface area contributed by atoms with E-state index in [1.54, 1.807) is 6.92 Å². The minimum Gasteiger partial charge on any atom is -0.391 e. The van der Waals surface area contributed by atoms with E-state index in [1.165, 1.54) is 0 Å². The van der Waals surface area contributed by atoms with Crippen LogP contribution in [0.1, 0.15) is 26.7 Å². The molecule has 1 aliphatic rings. The minimum atomic E-state index is -0.358. The largest absolute Gasteiger partial charge is 0.391 e. The summed E-state index contributed by atoms with van der Waals surface area (Å²) in [5, 5.41) is 12.4. The van der Waals surface area contributed by atoms with Gasteiger partial charge in [-0.2, -0.15) is 0 Å². The summed E-state index contributed by atoms with van der Waals surface area (Å²) < 4.78 is 5.65. The molecule has 0 radical (unpaired) electrons. The fourth-order valence-electron chi connectivity index (χ4n) is 1.66. The molecule has 0 aromatic heterocycles. The molecule has 0 spiro atoms. The zero-order valence-corrected chi connectivity index (χ0v) is 8.79. The van der Waals surface area contributed by atoms with Crippen LogP contribution in [-0.4, -0.2) is 37.0 Å². The Morgan fingerprint density at radius 2 is 2.08 bits per heavy atom. The fourth-order valence-corrected chi connectivity index (χ4v) is 1.66. The average Bonchev–Trinajstić information content (AvgIpc) is 2.00. The number of rotatable bonds is 5. The number of aliphatic hydroxyl groups excluding tert-OH is 1. The number of aliphatic hydroxyl groups is 1. The van der Waals surface area contributed by atoms with Crippen molar-refractivity contribution in [3.63, 3.8) is 0 Å². The first-order chi connectivity index (χ1) is 6.13. The van der Waals surface area contributed by atoms with Gasteiger partial charge in [0, 0.05) is 0 Å². The van der Waals surface area contributed by atoms with E-state index in [9.17, 15) is 5.11 Å². The molecule has 0 aliphatic heterocycles. The molecule has 0 amide bonds. The summed E-state index contributed by atoms with van der Waals surface area (Å²) in [4.78, 5) is 0. The number of nitrogens with one attached hydrogen (secondary N) is 1. The minimum absolute atomic E-state index is 0.0273. The van der Waals surface area contributed by atoms with Gasteiger partial charge in [0.2, 0.25) is 0 Å². The Balaban J connectivity index is 2.07. The Kier molecular flexibility index (Phi) is 4.16. The highest BCUT2D eigenvalue weighted by Crippen LogP contribution is 2.30. The first-order valence-corrected chi connectivity index (χ1v) is 5.11. The van der Waals surface area contributed by atoms with E-state index >= 15 is 0 Å². The second-order valence-electron chi connectivity index (χ2n) is 4.10. The number of hydrogen-bond donors (Lipinski definition) is 2. The molecule has 0 aromatic carbocycles. The quantitative estimate of drug-likeness (QED) is 0.668. The zero-order chi connectivity index (χ0) is 9.84. The lowest BCUT2D eigenvalue weighted by Gasteiger charge is -2.37. The summed E-state index contributed by atoms with van der Waals surface area (Å²) in [6, 6.07) is 0. The van der Waals surface area contributed by atoms with Gasteiger partial charge in [0.05, 0.1) is 18.3 Å². The normalized spacial score (nSPS) is 32.3. The van der Waals surface area contributed by atoms with Gasteiger partial charge >= 0.3 is 0 Å². The molecule has 1 fully saturated rings. The van der Waals surface area contributed by atoms with Crippen LogP contribution >= 0.6 is 0 Å². The van der Waals surface area contributed by atoms with Crippen molar-refractivity contribution in [1.82, 2.24) is 5.32 Å². The van der Waals surface area contributed by atoms with Crippen LogP contribution in [0.3, 0.4) is 0 Å². The summed E-state index contributed by atoms with van der Waals surface area (Å²) >= 11 is 0. The standard InChI is InChI=1S/C10H21NO2/c1-7(12)8(2)13-10-4-9(5-10)6-11-3/h7-12H,4-6H2,1-3H3. The van der Waals surface area contributed by atoms with Crippen molar-refractivity contribution in [2.45, 2.75) is 45.0 Å². The molecule has 3 nitrogen and oxygen atoms in total. The lowest BCUT2D eigenvalue weighted by atomic mass is 9.82. The molecule has 0 aromatic rings. The van der Waals surface area contributed by atoms with Crippen LogP contribution in [0.25, 0.3) is 0 Å². The fraction of sp³-hybridized carbons (Fsp3) is 1.00. The van der Waals surface area contributed by atoms with E-state index in [4.69, 9.17) is 4.74 Å². The molecule has 2 unspecified atom stereocenters. The molecule has 0 heterocycles. The lowest BCUT2D eigenvalue weighted by molar-refractivity contribution is -0.105. The molecule has 2 atom stereocenters. The molecule has 1 rings (SSSR count). The molecule has 13 heavy (non-hydrogen) atoms. The van der Waals surface area contributed by atoms with Crippen molar-refractivity contribution >= 4 is 0 Å². The Hall–Kier alpha value is -0.120. The topological polar surface area (TPSA) is 41.5 Å². The molecule has 78 valence electrons. The van der Waals surface area contributed by atoms with E-state index in [2.05, 4.69) is 5.32 Å². The molecular formula is C10H21NO2. The van der Waals surface area contributed by atoms with Crippen LogP contribution < -0.4 is 5.32 Å². The van der Waals surface area contributed by atoms with Crippen molar-refractivity contribution in [2.75, 3.05) is 13.6 Å². The highest BCUT2D eigenvalue weighted by Gasteiger charge is 2.30. The van der Waals surface area contributed by atoms with Gasteiger partial charge in [0.1, 0.15) is 0 Å². The van der Waals surface area contributed by atoms with E-state index in [0.717, 1.165) is 25.3 Å². The van der Waals surface area contributed by atoms with E-state index in [-0.39, 0.29) is 12.2 Å². The zero-order valence-electron chi connectivity index (χ0n) is 8.79. The van der Waals surface area contributed by atoms with E-state index in [0.29, 0.717) is 6.10 Å². The summed E-state index contributed by atoms with van der Waals surface area (Å²) in [5.41, 5.74) is 0. The van der Waals surface area contributed by atoms with Crippen LogP contribution in [0.2, 0.25) is 0 Å². The SMILES string of the molecule is CNCC1CC(OC(C)C(C)O)C1. The van der Waals surface area contributed by atoms with Crippen molar-refractivity contribution < 1.29 is 9.84 Å². The summed E-state index contributed by atoms with van der Waals surface area (Å²) in [6.07, 6.45) is 2.27. The van der Waals surface area contributed by atoms with Crippen LogP contribution in [-0.2, 0) is 4.74 Å². The Labute approximate surface area is 80.5 Å². The van der Waals surface area contributed by atoms with E-state index in [1.807, 2.05) is 14.0 Å². The molecule has 1 aliphatic carbocycles. The smallest absolute Gasteiger partial charge is 0.0806 e. The van der Waals surface area contributed by atoms with Gasteiger partial charge in [-0.1, -0.05) is 0 Å². The second kappa shape index (κ2) is 4.94. The van der Waals surface area contributed by atoms with Gasteiger partial charge < -0.3 is 15.2 Å². The highest BCUT2D eigenvalue weighted by molar-refractivity contribution is 4.82. The van der Waals surface area contributed by atoms with E-state index < -0.39 is 0 Å². The molecule has 1 saturated carbocycles. The third-order valence-corrected chi connectivity index (χ3v) is 2.77. The monoisotopic (exact) mass is 187 g/mol. The molecule has 0 bridgehead atoms. The summed E-state index contributed by atoms with van der Waals surface area (Å²) in [6.45, 7) is 4.79. The van der Waals surface area contributed by atoms with Gasteiger partial charge in [-0.25, -0.2) is 0 Å². The summed E-state index contributed by atoms with van der Waals surface area (Å²) in [7, 11) is 1.98. The Bertz CT molecular complexity index is 144. The summed E-state index contributed by atoms with van der Waals surface area (Å²) in [5.74, 6) is 0.774. The molecule has 2 N–H and O–H groups in total.